The van der Waals surface area contributed by atoms with E-state index in [2.05, 4.69) is 12.2 Å². The summed E-state index contributed by atoms with van der Waals surface area (Å²) >= 11 is 4.67. The number of rotatable bonds is 1. The molecule has 0 aromatic carbocycles. The first-order valence-electron chi connectivity index (χ1n) is 3.73. The fourth-order valence-electron chi connectivity index (χ4n) is 0.419. The maximum atomic E-state index is 8.73. The van der Waals surface area contributed by atoms with Gasteiger partial charge in [-0.2, -0.15) is 4.73 Å². The predicted molar refractivity (Wildman–Crippen MR) is 51.2 cm³/mol. The number of hydrogen-bond acceptors (Lipinski definition) is 4. The molecule has 1 aromatic rings. The fourth-order valence-corrected chi connectivity index (χ4v) is 0.558. The zero-order valence-corrected chi connectivity index (χ0v) is 11.8. The van der Waals surface area contributed by atoms with Crippen molar-refractivity contribution in [2.75, 3.05) is 6.61 Å². The van der Waals surface area contributed by atoms with E-state index < -0.39 is 6.10 Å². The zero-order chi connectivity index (χ0) is 10.3. The van der Waals surface area contributed by atoms with Gasteiger partial charge in [0.2, 0.25) is 0 Å². The first kappa shape index (κ1) is 16.2. The monoisotopic (exact) mass is 267 g/mol. The van der Waals surface area contributed by atoms with E-state index in [9.17, 15) is 0 Å². The van der Waals surface area contributed by atoms with Crippen molar-refractivity contribution in [2.45, 2.75) is 13.0 Å². The van der Waals surface area contributed by atoms with E-state index in [1.807, 2.05) is 0 Å². The van der Waals surface area contributed by atoms with Crippen molar-refractivity contribution in [2.24, 2.45) is 0 Å². The summed E-state index contributed by atoms with van der Waals surface area (Å²) in [6, 6.07) is 5.13. The molecule has 0 bridgehead atoms. The Balaban J connectivity index is 0. The van der Waals surface area contributed by atoms with Crippen LogP contribution in [-0.4, -0.2) is 32.9 Å². The summed E-state index contributed by atoms with van der Waals surface area (Å²) in [6.45, 7) is 1.39. The Morgan fingerprint density at radius 2 is 2.00 bits per heavy atom. The average molecular weight is 269 g/mol. The molecule has 0 saturated heterocycles. The minimum absolute atomic E-state index is 0. The van der Waals surface area contributed by atoms with Gasteiger partial charge in [-0.25, -0.2) is 0 Å². The Morgan fingerprint density at radius 3 is 2.21 bits per heavy atom. The molecule has 1 atom stereocenters. The van der Waals surface area contributed by atoms with Crippen molar-refractivity contribution < 1.29 is 34.9 Å². The van der Waals surface area contributed by atoms with Crippen molar-refractivity contribution in [1.82, 2.24) is 4.73 Å². The maximum Gasteiger partial charge on any atom is 0.142 e. The molecule has 14 heavy (non-hydrogen) atoms. The number of aromatic nitrogens is 1. The van der Waals surface area contributed by atoms with Gasteiger partial charge < -0.3 is 15.4 Å². The quantitative estimate of drug-likeness (QED) is 0.401. The van der Waals surface area contributed by atoms with Crippen LogP contribution in [0.4, 0.5) is 0 Å². The van der Waals surface area contributed by atoms with Crippen LogP contribution in [-0.2, 0) is 19.5 Å². The van der Waals surface area contributed by atoms with Crippen molar-refractivity contribution in [3.05, 3.63) is 29.0 Å². The Labute approximate surface area is 101 Å². The zero-order valence-electron chi connectivity index (χ0n) is 8.00. The molecule has 0 radical (unpaired) electrons. The molecule has 1 unspecified atom stereocenters. The Morgan fingerprint density at radius 1 is 1.50 bits per heavy atom. The Bertz CT molecular complexity index is 290. The van der Waals surface area contributed by atoms with Crippen LogP contribution >= 0.6 is 12.2 Å². The van der Waals surface area contributed by atoms with Crippen molar-refractivity contribution >= 4 is 12.2 Å². The molecule has 0 fully saturated rings. The molecule has 0 aliphatic rings. The van der Waals surface area contributed by atoms with Gasteiger partial charge in [0.1, 0.15) is 4.64 Å². The van der Waals surface area contributed by atoms with Crippen LogP contribution in [0.1, 0.15) is 6.92 Å². The molecule has 1 heterocycles. The van der Waals surface area contributed by atoms with Gasteiger partial charge >= 0.3 is 0 Å². The summed E-state index contributed by atoms with van der Waals surface area (Å²) in [5, 5.41) is 24.7. The summed E-state index contributed by atoms with van der Waals surface area (Å²) in [6.07, 6.45) is 0.928. The molecule has 0 saturated carbocycles. The Hall–Kier alpha value is -0.287. The van der Waals surface area contributed by atoms with Gasteiger partial charge in [-0.1, -0.05) is 18.3 Å². The number of aliphatic hydroxyl groups excluding tert-OH is 2. The second kappa shape index (κ2) is 9.28. The third kappa shape index (κ3) is 8.32. The fraction of sp³-hybridized carbons (Fsp3) is 0.375. The van der Waals surface area contributed by atoms with Gasteiger partial charge in [-0.3, -0.25) is 0 Å². The molecular formula is C8H13NO3SZn. The second-order valence-electron chi connectivity index (χ2n) is 2.42. The van der Waals surface area contributed by atoms with E-state index in [0.717, 1.165) is 4.73 Å². The second-order valence-corrected chi connectivity index (χ2v) is 2.83. The normalized spacial score (nSPS) is 10.5. The van der Waals surface area contributed by atoms with Gasteiger partial charge in [0, 0.05) is 25.7 Å². The molecule has 0 aliphatic carbocycles. The predicted octanol–water partition coefficient (Wildman–Crippen LogP) is 0.812. The van der Waals surface area contributed by atoms with Gasteiger partial charge in [0.15, 0.2) is 0 Å². The van der Waals surface area contributed by atoms with Crippen molar-refractivity contribution in [1.29, 1.82) is 0 Å². The van der Waals surface area contributed by atoms with Crippen molar-refractivity contribution in [3.63, 3.8) is 0 Å². The van der Waals surface area contributed by atoms with E-state index >= 15 is 0 Å². The number of nitrogens with zero attached hydrogens (tertiary/aromatic N) is 1. The van der Waals surface area contributed by atoms with Gasteiger partial charge in [-0.05, 0) is 19.1 Å². The molecule has 1 rings (SSSR count). The number of hydrogen-bond donors (Lipinski definition) is 3. The molecule has 3 N–H and O–H groups in total. The molecule has 76 valence electrons. The van der Waals surface area contributed by atoms with Crippen LogP contribution in [0.2, 0.25) is 0 Å². The molecule has 0 amide bonds. The average Bonchev–Trinajstić information content (AvgIpc) is 2.11. The summed E-state index contributed by atoms with van der Waals surface area (Å²) < 4.78 is 1.32. The molecule has 6 heteroatoms. The van der Waals surface area contributed by atoms with E-state index in [0.29, 0.717) is 4.64 Å². The molecular weight excluding hydrogens is 256 g/mol. The Kier molecular flexibility index (Phi) is 10.7. The van der Waals surface area contributed by atoms with Gasteiger partial charge in [-0.15, -0.1) is 0 Å². The van der Waals surface area contributed by atoms with Crippen LogP contribution in [0, 0.1) is 4.64 Å². The third-order valence-corrected chi connectivity index (χ3v) is 1.39. The van der Waals surface area contributed by atoms with Gasteiger partial charge in [0.05, 0.1) is 12.7 Å². The SMILES string of the molecule is CC(O)CO.On1ccccc1=S.[Zn]. The minimum atomic E-state index is -0.560. The van der Waals surface area contributed by atoms with Crippen LogP contribution in [0.5, 0.6) is 0 Å². The van der Waals surface area contributed by atoms with E-state index in [-0.39, 0.29) is 26.1 Å². The van der Waals surface area contributed by atoms with Crippen molar-refractivity contribution in [3.8, 4) is 0 Å². The summed E-state index contributed by atoms with van der Waals surface area (Å²) in [7, 11) is 0. The maximum absolute atomic E-state index is 8.73. The summed E-state index contributed by atoms with van der Waals surface area (Å²) in [4.78, 5) is 0. The molecule has 0 aliphatic heterocycles. The number of pyridine rings is 1. The number of aliphatic hydroxyl groups is 2. The van der Waals surface area contributed by atoms with Crippen LogP contribution in [0.15, 0.2) is 24.4 Å². The van der Waals surface area contributed by atoms with E-state index in [1.165, 1.54) is 13.1 Å². The smallest absolute Gasteiger partial charge is 0.142 e. The topological polar surface area (TPSA) is 65.6 Å². The van der Waals surface area contributed by atoms with Gasteiger partial charge in [0.25, 0.3) is 0 Å². The molecule has 0 spiro atoms. The van der Waals surface area contributed by atoms with E-state index in [1.54, 1.807) is 18.2 Å². The molecule has 1 aromatic heterocycles. The van der Waals surface area contributed by atoms with Crippen LogP contribution < -0.4 is 0 Å². The van der Waals surface area contributed by atoms with E-state index in [4.69, 9.17) is 15.4 Å². The third-order valence-electron chi connectivity index (χ3n) is 1.07. The standard InChI is InChI=1S/C5H5NOS.C3H8O2.Zn/c7-6-4-2-1-3-5(6)8;1-3(5)2-4;/h1-4,7H;3-5H,2H2,1H3;. The summed E-state index contributed by atoms with van der Waals surface area (Å²) in [5.41, 5.74) is 0. The first-order valence-corrected chi connectivity index (χ1v) is 4.14. The largest absolute Gasteiger partial charge is 0.428 e. The van der Waals surface area contributed by atoms with Crippen LogP contribution in [0.3, 0.4) is 0 Å². The molecule has 4 nitrogen and oxygen atoms in total. The summed E-state index contributed by atoms with van der Waals surface area (Å²) in [5.74, 6) is 0. The van der Waals surface area contributed by atoms with Crippen LogP contribution in [0.25, 0.3) is 0 Å². The minimum Gasteiger partial charge on any atom is -0.428 e. The first-order chi connectivity index (χ1) is 6.07.